The van der Waals surface area contributed by atoms with Gasteiger partial charge in [0.25, 0.3) is 5.56 Å². The van der Waals surface area contributed by atoms with Crippen molar-refractivity contribution < 1.29 is 4.79 Å². The summed E-state index contributed by atoms with van der Waals surface area (Å²) in [5.41, 5.74) is 6.25. The molecule has 1 fully saturated rings. The molecule has 1 saturated heterocycles. The Kier molecular flexibility index (Phi) is 3.76. The molecule has 0 spiro atoms. The fourth-order valence-electron chi connectivity index (χ4n) is 2.06. The normalized spacial score (nSPS) is 16.9. The minimum atomic E-state index is -0.171. The van der Waals surface area contributed by atoms with Crippen molar-refractivity contribution in [2.45, 2.75) is 25.3 Å². The van der Waals surface area contributed by atoms with Gasteiger partial charge in [-0.2, -0.15) is 5.10 Å². The van der Waals surface area contributed by atoms with E-state index in [4.69, 9.17) is 5.73 Å². The summed E-state index contributed by atoms with van der Waals surface area (Å²) in [6.45, 7) is 1.43. The van der Waals surface area contributed by atoms with Crippen LogP contribution in [0.3, 0.4) is 0 Å². The lowest BCUT2D eigenvalue weighted by Crippen LogP contribution is -2.43. The van der Waals surface area contributed by atoms with Crippen LogP contribution in [0.1, 0.15) is 18.5 Å². The molecule has 0 unspecified atom stereocenters. The van der Waals surface area contributed by atoms with Crippen LogP contribution >= 0.6 is 0 Å². The number of hydrogen-bond acceptors (Lipinski definition) is 4. The number of aryl methyl sites for hydroxylation is 1. The molecule has 1 aliphatic heterocycles. The van der Waals surface area contributed by atoms with Gasteiger partial charge in [0.15, 0.2) is 0 Å². The first-order valence-electron chi connectivity index (χ1n) is 6.13. The van der Waals surface area contributed by atoms with Crippen LogP contribution in [0.25, 0.3) is 0 Å². The van der Waals surface area contributed by atoms with E-state index in [0.717, 1.165) is 12.8 Å². The molecule has 1 amide bonds. The maximum atomic E-state index is 12.0. The molecule has 0 aromatic carbocycles. The summed E-state index contributed by atoms with van der Waals surface area (Å²) in [7, 11) is 1.58. The van der Waals surface area contributed by atoms with E-state index in [1.54, 1.807) is 13.1 Å². The molecule has 18 heavy (non-hydrogen) atoms. The molecule has 1 aromatic rings. The Labute approximate surface area is 105 Å². The number of nitrogens with two attached hydrogens (primary N) is 1. The second-order valence-corrected chi connectivity index (χ2v) is 4.68. The maximum absolute atomic E-state index is 12.0. The van der Waals surface area contributed by atoms with Gasteiger partial charge in [-0.15, -0.1) is 0 Å². The van der Waals surface area contributed by atoms with Crippen LogP contribution in [0.2, 0.25) is 0 Å². The van der Waals surface area contributed by atoms with Gasteiger partial charge in [0.1, 0.15) is 0 Å². The number of rotatable bonds is 2. The average Bonchev–Trinajstić information content (AvgIpc) is 2.34. The van der Waals surface area contributed by atoms with E-state index in [2.05, 4.69) is 5.10 Å². The van der Waals surface area contributed by atoms with Crippen LogP contribution in [-0.4, -0.2) is 39.7 Å². The maximum Gasteiger partial charge on any atom is 0.266 e. The third-order valence-corrected chi connectivity index (χ3v) is 3.24. The Hall–Kier alpha value is -1.69. The smallest absolute Gasteiger partial charge is 0.266 e. The summed E-state index contributed by atoms with van der Waals surface area (Å²) in [4.78, 5) is 25.0. The van der Waals surface area contributed by atoms with Crippen molar-refractivity contribution in [3.63, 3.8) is 0 Å². The summed E-state index contributed by atoms with van der Waals surface area (Å²) in [6.07, 6.45) is 1.95. The van der Waals surface area contributed by atoms with Gasteiger partial charge in [-0.25, -0.2) is 4.68 Å². The number of hydrogen-bond donors (Lipinski definition) is 1. The van der Waals surface area contributed by atoms with Crippen molar-refractivity contribution in [3.8, 4) is 0 Å². The van der Waals surface area contributed by atoms with Gasteiger partial charge in [0.2, 0.25) is 5.91 Å². The lowest BCUT2D eigenvalue weighted by Gasteiger charge is -2.30. The Morgan fingerprint density at radius 3 is 2.72 bits per heavy atom. The van der Waals surface area contributed by atoms with Gasteiger partial charge >= 0.3 is 0 Å². The van der Waals surface area contributed by atoms with Crippen molar-refractivity contribution in [2.24, 2.45) is 12.8 Å². The lowest BCUT2D eigenvalue weighted by atomic mass is 10.1. The van der Waals surface area contributed by atoms with E-state index in [9.17, 15) is 9.59 Å². The Balaban J connectivity index is 1.98. The zero-order valence-electron chi connectivity index (χ0n) is 10.5. The third-order valence-electron chi connectivity index (χ3n) is 3.24. The quantitative estimate of drug-likeness (QED) is 0.750. The molecule has 2 heterocycles. The fourth-order valence-corrected chi connectivity index (χ4v) is 2.06. The molecule has 1 aliphatic rings. The summed E-state index contributed by atoms with van der Waals surface area (Å²) >= 11 is 0. The molecular formula is C12H18N4O2. The van der Waals surface area contributed by atoms with E-state index in [1.165, 1.54) is 10.7 Å². The van der Waals surface area contributed by atoms with E-state index in [0.29, 0.717) is 18.8 Å². The topological polar surface area (TPSA) is 81.2 Å². The van der Waals surface area contributed by atoms with E-state index < -0.39 is 0 Å². The number of carbonyl (C=O) groups is 1. The highest BCUT2D eigenvalue weighted by molar-refractivity contribution is 5.78. The minimum Gasteiger partial charge on any atom is -0.342 e. The first kappa shape index (κ1) is 12.8. The molecule has 1 aromatic heterocycles. The zero-order chi connectivity index (χ0) is 13.1. The number of amides is 1. The molecular weight excluding hydrogens is 232 g/mol. The summed E-state index contributed by atoms with van der Waals surface area (Å²) in [5, 5.41) is 4.05. The van der Waals surface area contributed by atoms with Gasteiger partial charge in [0, 0.05) is 32.2 Å². The predicted molar refractivity (Wildman–Crippen MR) is 67.0 cm³/mol. The number of likely N-dealkylation sites (tertiary alicyclic amines) is 1. The second-order valence-electron chi connectivity index (χ2n) is 4.68. The molecule has 6 nitrogen and oxygen atoms in total. The standard InChI is InChI=1S/C12H18N4O2/c1-15-11(17)3-2-10(14-15)8-12(18)16-6-4-9(13)5-7-16/h2-3,9H,4-8,13H2,1H3. The number of carbonyl (C=O) groups excluding carboxylic acids is 1. The highest BCUT2D eigenvalue weighted by Crippen LogP contribution is 2.09. The summed E-state index contributed by atoms with van der Waals surface area (Å²) in [6, 6.07) is 3.25. The van der Waals surface area contributed by atoms with Crippen molar-refractivity contribution in [2.75, 3.05) is 13.1 Å². The monoisotopic (exact) mass is 250 g/mol. The molecule has 6 heteroatoms. The third kappa shape index (κ3) is 2.95. The van der Waals surface area contributed by atoms with E-state index in [1.807, 2.05) is 4.90 Å². The lowest BCUT2D eigenvalue weighted by molar-refractivity contribution is -0.131. The molecule has 0 bridgehead atoms. The van der Waals surface area contributed by atoms with Crippen molar-refractivity contribution in [1.29, 1.82) is 0 Å². The van der Waals surface area contributed by atoms with Crippen LogP contribution < -0.4 is 11.3 Å². The number of piperidine rings is 1. The molecule has 2 N–H and O–H groups in total. The largest absolute Gasteiger partial charge is 0.342 e. The molecule has 0 atom stereocenters. The Morgan fingerprint density at radius 1 is 1.44 bits per heavy atom. The van der Waals surface area contributed by atoms with E-state index >= 15 is 0 Å². The summed E-state index contributed by atoms with van der Waals surface area (Å²) < 4.78 is 1.24. The minimum absolute atomic E-state index is 0.0491. The number of aromatic nitrogens is 2. The molecule has 0 aliphatic carbocycles. The number of nitrogens with zero attached hydrogens (tertiary/aromatic N) is 3. The van der Waals surface area contributed by atoms with Crippen LogP contribution in [0, 0.1) is 0 Å². The van der Waals surface area contributed by atoms with Crippen LogP contribution in [0.15, 0.2) is 16.9 Å². The average molecular weight is 250 g/mol. The zero-order valence-corrected chi connectivity index (χ0v) is 10.5. The van der Waals surface area contributed by atoms with Gasteiger partial charge in [-0.1, -0.05) is 0 Å². The van der Waals surface area contributed by atoms with Gasteiger partial charge < -0.3 is 10.6 Å². The highest BCUT2D eigenvalue weighted by Gasteiger charge is 2.20. The first-order valence-corrected chi connectivity index (χ1v) is 6.13. The molecule has 98 valence electrons. The SMILES string of the molecule is Cn1nc(CC(=O)N2CCC(N)CC2)ccc1=O. The Bertz CT molecular complexity index is 489. The summed E-state index contributed by atoms with van der Waals surface area (Å²) in [5.74, 6) is 0.0491. The van der Waals surface area contributed by atoms with Crippen LogP contribution in [-0.2, 0) is 18.3 Å². The molecule has 0 saturated carbocycles. The fraction of sp³-hybridized carbons (Fsp3) is 0.583. The second kappa shape index (κ2) is 5.30. The van der Waals surface area contributed by atoms with Crippen molar-refractivity contribution in [3.05, 3.63) is 28.2 Å². The molecule has 0 radical (unpaired) electrons. The van der Waals surface area contributed by atoms with Gasteiger partial charge in [-0.3, -0.25) is 9.59 Å². The predicted octanol–water partition coefficient (Wildman–Crippen LogP) is -0.727. The highest BCUT2D eigenvalue weighted by atomic mass is 16.2. The van der Waals surface area contributed by atoms with Crippen LogP contribution in [0.5, 0.6) is 0 Å². The van der Waals surface area contributed by atoms with E-state index in [-0.39, 0.29) is 23.9 Å². The van der Waals surface area contributed by atoms with Crippen LogP contribution in [0.4, 0.5) is 0 Å². The molecule has 2 rings (SSSR count). The van der Waals surface area contributed by atoms with Gasteiger partial charge in [0.05, 0.1) is 12.1 Å². The first-order chi connectivity index (χ1) is 8.56. The Morgan fingerprint density at radius 2 is 2.11 bits per heavy atom. The van der Waals surface area contributed by atoms with Gasteiger partial charge in [-0.05, 0) is 18.9 Å². The van der Waals surface area contributed by atoms with Crippen molar-refractivity contribution >= 4 is 5.91 Å². The van der Waals surface area contributed by atoms with Crippen molar-refractivity contribution in [1.82, 2.24) is 14.7 Å².